The molecule has 0 aliphatic heterocycles. The highest BCUT2D eigenvalue weighted by atomic mass is 16.5. The van der Waals surface area contributed by atoms with E-state index in [9.17, 15) is 0 Å². The predicted molar refractivity (Wildman–Crippen MR) is 51.9 cm³/mol. The third kappa shape index (κ3) is 3.25. The van der Waals surface area contributed by atoms with Gasteiger partial charge >= 0.3 is 0 Å². The third-order valence-electron chi connectivity index (χ3n) is 1.84. The highest BCUT2D eigenvalue weighted by Crippen LogP contribution is 2.10. The standard InChI is InChI=1S/C10H19NO/c1-6-9(11-5)10(8(3)4)12-7-2/h1,8-11H,7H2,2-5H3. The Labute approximate surface area is 75.7 Å². The van der Waals surface area contributed by atoms with E-state index in [1.165, 1.54) is 0 Å². The van der Waals surface area contributed by atoms with Crippen LogP contribution in [-0.2, 0) is 4.74 Å². The second kappa shape index (κ2) is 6.05. The molecule has 2 unspecified atom stereocenters. The molecule has 12 heavy (non-hydrogen) atoms. The molecule has 0 heterocycles. The fraction of sp³-hybridized carbons (Fsp3) is 0.800. The molecular formula is C10H19NO. The van der Waals surface area contributed by atoms with E-state index >= 15 is 0 Å². The summed E-state index contributed by atoms with van der Waals surface area (Å²) in [6, 6.07) is 0.0185. The fourth-order valence-corrected chi connectivity index (χ4v) is 1.21. The number of hydrogen-bond acceptors (Lipinski definition) is 2. The Morgan fingerprint density at radius 3 is 2.33 bits per heavy atom. The van der Waals surface area contributed by atoms with E-state index in [4.69, 9.17) is 11.2 Å². The number of rotatable bonds is 5. The van der Waals surface area contributed by atoms with Crippen molar-refractivity contribution in [1.29, 1.82) is 0 Å². The van der Waals surface area contributed by atoms with Crippen LogP contribution in [0.5, 0.6) is 0 Å². The lowest BCUT2D eigenvalue weighted by Gasteiger charge is -2.25. The minimum absolute atomic E-state index is 0.0185. The van der Waals surface area contributed by atoms with E-state index in [-0.39, 0.29) is 12.1 Å². The number of nitrogens with one attached hydrogen (secondary N) is 1. The Morgan fingerprint density at radius 1 is 1.50 bits per heavy atom. The first kappa shape index (κ1) is 11.5. The highest BCUT2D eigenvalue weighted by molar-refractivity contribution is 5.03. The summed E-state index contributed by atoms with van der Waals surface area (Å²) in [4.78, 5) is 0. The minimum atomic E-state index is 0.0185. The zero-order valence-electron chi connectivity index (χ0n) is 8.42. The smallest absolute Gasteiger partial charge is 0.0952 e. The zero-order chi connectivity index (χ0) is 9.56. The quantitative estimate of drug-likeness (QED) is 0.626. The molecule has 0 aliphatic carbocycles. The van der Waals surface area contributed by atoms with Gasteiger partial charge in [-0.3, -0.25) is 0 Å². The van der Waals surface area contributed by atoms with Crippen molar-refractivity contribution in [2.75, 3.05) is 13.7 Å². The summed E-state index contributed by atoms with van der Waals surface area (Å²) in [6.45, 7) is 6.92. The van der Waals surface area contributed by atoms with Crippen molar-refractivity contribution in [3.8, 4) is 12.3 Å². The number of ether oxygens (including phenoxy) is 1. The van der Waals surface area contributed by atoms with Crippen LogP contribution in [0.3, 0.4) is 0 Å². The van der Waals surface area contributed by atoms with Gasteiger partial charge in [-0.05, 0) is 19.9 Å². The van der Waals surface area contributed by atoms with Crippen molar-refractivity contribution in [3.05, 3.63) is 0 Å². The molecule has 0 saturated heterocycles. The van der Waals surface area contributed by atoms with Crippen LogP contribution in [0, 0.1) is 18.3 Å². The average Bonchev–Trinajstić information content (AvgIpc) is 2.05. The van der Waals surface area contributed by atoms with Crippen molar-refractivity contribution < 1.29 is 4.74 Å². The summed E-state index contributed by atoms with van der Waals surface area (Å²) in [5.41, 5.74) is 0. The Bertz CT molecular complexity index is 148. The van der Waals surface area contributed by atoms with Crippen LogP contribution >= 0.6 is 0 Å². The van der Waals surface area contributed by atoms with E-state index in [2.05, 4.69) is 25.1 Å². The second-order valence-corrected chi connectivity index (χ2v) is 3.10. The van der Waals surface area contributed by atoms with Gasteiger partial charge in [0.1, 0.15) is 0 Å². The van der Waals surface area contributed by atoms with Gasteiger partial charge in [0.15, 0.2) is 0 Å². The van der Waals surface area contributed by atoms with E-state index in [1.54, 1.807) is 0 Å². The van der Waals surface area contributed by atoms with Crippen LogP contribution in [-0.4, -0.2) is 25.8 Å². The summed E-state index contributed by atoms with van der Waals surface area (Å²) in [5.74, 6) is 3.12. The molecule has 0 saturated carbocycles. The van der Waals surface area contributed by atoms with Gasteiger partial charge in [-0.2, -0.15) is 0 Å². The Hall–Kier alpha value is -0.520. The van der Waals surface area contributed by atoms with Gasteiger partial charge in [0.2, 0.25) is 0 Å². The molecule has 0 bridgehead atoms. The monoisotopic (exact) mass is 169 g/mol. The first-order valence-electron chi connectivity index (χ1n) is 4.42. The van der Waals surface area contributed by atoms with Crippen molar-refractivity contribution in [2.45, 2.75) is 32.9 Å². The highest BCUT2D eigenvalue weighted by Gasteiger charge is 2.21. The Balaban J connectivity index is 4.17. The van der Waals surface area contributed by atoms with E-state index in [1.807, 2.05) is 14.0 Å². The summed E-state index contributed by atoms with van der Waals surface area (Å²) >= 11 is 0. The summed E-state index contributed by atoms with van der Waals surface area (Å²) in [5, 5.41) is 3.06. The van der Waals surface area contributed by atoms with Crippen LogP contribution in [0.4, 0.5) is 0 Å². The predicted octanol–water partition coefficient (Wildman–Crippen LogP) is 1.27. The van der Waals surface area contributed by atoms with Gasteiger partial charge in [-0.1, -0.05) is 19.8 Å². The molecular weight excluding hydrogens is 150 g/mol. The maximum absolute atomic E-state index is 5.54. The number of likely N-dealkylation sites (N-methyl/N-ethyl adjacent to an activating group) is 1. The van der Waals surface area contributed by atoms with Gasteiger partial charge in [-0.25, -0.2) is 0 Å². The van der Waals surface area contributed by atoms with Crippen molar-refractivity contribution >= 4 is 0 Å². The minimum Gasteiger partial charge on any atom is -0.376 e. The van der Waals surface area contributed by atoms with Crippen LogP contribution in [0.25, 0.3) is 0 Å². The number of terminal acetylenes is 1. The van der Waals surface area contributed by atoms with Gasteiger partial charge in [0, 0.05) is 6.61 Å². The normalized spacial score (nSPS) is 15.7. The van der Waals surface area contributed by atoms with Gasteiger partial charge in [-0.15, -0.1) is 6.42 Å². The van der Waals surface area contributed by atoms with Crippen LogP contribution in [0.2, 0.25) is 0 Å². The molecule has 0 aliphatic rings. The molecule has 0 aromatic rings. The largest absolute Gasteiger partial charge is 0.376 e. The lowest BCUT2D eigenvalue weighted by Crippen LogP contribution is -2.41. The second-order valence-electron chi connectivity index (χ2n) is 3.10. The van der Waals surface area contributed by atoms with Crippen LogP contribution in [0.1, 0.15) is 20.8 Å². The van der Waals surface area contributed by atoms with E-state index < -0.39 is 0 Å². The van der Waals surface area contributed by atoms with Gasteiger partial charge in [0.05, 0.1) is 12.1 Å². The molecule has 0 rings (SSSR count). The summed E-state index contributed by atoms with van der Waals surface area (Å²) < 4.78 is 5.54. The molecule has 0 spiro atoms. The van der Waals surface area contributed by atoms with E-state index in [0.717, 1.165) is 0 Å². The summed E-state index contributed by atoms with van der Waals surface area (Å²) in [7, 11) is 1.86. The van der Waals surface area contributed by atoms with E-state index in [0.29, 0.717) is 12.5 Å². The van der Waals surface area contributed by atoms with Gasteiger partial charge in [0.25, 0.3) is 0 Å². The van der Waals surface area contributed by atoms with Crippen LogP contribution in [0.15, 0.2) is 0 Å². The van der Waals surface area contributed by atoms with Crippen molar-refractivity contribution in [3.63, 3.8) is 0 Å². The molecule has 2 heteroatoms. The average molecular weight is 169 g/mol. The Morgan fingerprint density at radius 2 is 2.08 bits per heavy atom. The molecule has 0 aromatic carbocycles. The molecule has 1 N–H and O–H groups in total. The maximum Gasteiger partial charge on any atom is 0.0952 e. The van der Waals surface area contributed by atoms with Gasteiger partial charge < -0.3 is 10.1 Å². The number of hydrogen-bond donors (Lipinski definition) is 1. The van der Waals surface area contributed by atoms with Crippen LogP contribution < -0.4 is 5.32 Å². The Kier molecular flexibility index (Phi) is 5.79. The zero-order valence-corrected chi connectivity index (χ0v) is 8.42. The maximum atomic E-state index is 5.54. The lowest BCUT2D eigenvalue weighted by atomic mass is 10.00. The molecule has 0 radical (unpaired) electrons. The van der Waals surface area contributed by atoms with Crippen molar-refractivity contribution in [1.82, 2.24) is 5.32 Å². The summed E-state index contributed by atoms with van der Waals surface area (Å²) in [6.07, 6.45) is 5.48. The lowest BCUT2D eigenvalue weighted by molar-refractivity contribution is 0.0181. The molecule has 2 nitrogen and oxygen atoms in total. The first-order valence-corrected chi connectivity index (χ1v) is 4.42. The molecule has 0 fully saturated rings. The molecule has 2 atom stereocenters. The molecule has 70 valence electrons. The SMILES string of the molecule is C#CC(NC)C(OCC)C(C)C. The topological polar surface area (TPSA) is 21.3 Å². The van der Waals surface area contributed by atoms with Crippen molar-refractivity contribution in [2.24, 2.45) is 5.92 Å². The molecule has 0 aromatic heterocycles. The molecule has 0 amide bonds. The first-order chi connectivity index (χ1) is 5.67. The third-order valence-corrected chi connectivity index (χ3v) is 1.84. The fourth-order valence-electron chi connectivity index (χ4n) is 1.21.